The summed E-state index contributed by atoms with van der Waals surface area (Å²) in [5, 5.41) is 10.7. The van der Waals surface area contributed by atoms with Crippen LogP contribution in [0, 0.1) is 36.5 Å². The van der Waals surface area contributed by atoms with E-state index >= 15 is 0 Å². The van der Waals surface area contributed by atoms with Gasteiger partial charge in [0.25, 0.3) is 16.0 Å². The maximum Gasteiger partial charge on any atom is 0.294 e. The first kappa shape index (κ1) is 39.5. The van der Waals surface area contributed by atoms with E-state index in [1.54, 1.807) is 24.5 Å². The lowest BCUT2D eigenvalue weighted by molar-refractivity contribution is -0.148. The van der Waals surface area contributed by atoms with E-state index in [4.69, 9.17) is 10.3 Å². The fourth-order valence-electron chi connectivity index (χ4n) is 5.56. The van der Waals surface area contributed by atoms with Gasteiger partial charge < -0.3 is 5.73 Å². The number of unbranched alkanes of at least 4 members (excludes halogenated alkanes) is 1. The number of carbonyl (C=O) groups is 3. The van der Waals surface area contributed by atoms with E-state index in [0.717, 1.165) is 30.7 Å². The molecule has 1 aromatic rings. The van der Waals surface area contributed by atoms with Crippen LogP contribution in [0.25, 0.3) is 0 Å². The zero-order valence-corrected chi connectivity index (χ0v) is 28.2. The van der Waals surface area contributed by atoms with Gasteiger partial charge in [0.2, 0.25) is 11.8 Å². The van der Waals surface area contributed by atoms with E-state index in [9.17, 15) is 28.0 Å². The third-order valence-electron chi connectivity index (χ3n) is 7.86. The average molecular weight is 641 g/mol. The van der Waals surface area contributed by atoms with E-state index < -0.39 is 33.9 Å². The van der Waals surface area contributed by atoms with Gasteiger partial charge in [-0.05, 0) is 56.6 Å². The molecule has 0 aromatic heterocycles. The first-order chi connectivity index (χ1) is 20.6. The lowest BCUT2D eigenvalue weighted by Gasteiger charge is -2.31. The molecule has 44 heavy (non-hydrogen) atoms. The molecule has 0 bridgehead atoms. The molecule has 252 valence electrons. The minimum absolute atomic E-state index is 0.0666. The number of nitrogens with two attached hydrogens (primary N) is 1. The molecular weight excluding hydrogens is 584 g/mol. The summed E-state index contributed by atoms with van der Waals surface area (Å²) in [6.45, 7) is 11.7. The molecule has 0 radical (unpaired) electrons. The summed E-state index contributed by atoms with van der Waals surface area (Å²) in [4.78, 5) is 38.4. The zero-order valence-electron chi connectivity index (χ0n) is 27.4. The van der Waals surface area contributed by atoms with Crippen molar-refractivity contribution in [3.63, 3.8) is 0 Å². The zero-order chi connectivity index (χ0) is 33.4. The molecule has 1 aliphatic carbocycles. The van der Waals surface area contributed by atoms with E-state index in [1.807, 2.05) is 34.6 Å². The number of nitrogens with one attached hydrogen (secondary N) is 2. The van der Waals surface area contributed by atoms with Crippen LogP contribution in [0.1, 0.15) is 104 Å². The van der Waals surface area contributed by atoms with Gasteiger partial charge in [-0.25, -0.2) is 5.48 Å². The number of hydrazine groups is 1. The summed E-state index contributed by atoms with van der Waals surface area (Å²) in [6.07, 6.45) is 10.5. The van der Waals surface area contributed by atoms with Gasteiger partial charge in [-0.2, -0.15) is 8.42 Å². The molecule has 12 heteroatoms. The van der Waals surface area contributed by atoms with Gasteiger partial charge >= 0.3 is 0 Å². The topological polar surface area (TPSA) is 179 Å². The summed E-state index contributed by atoms with van der Waals surface area (Å²) in [7, 11) is -4.02. The quantitative estimate of drug-likeness (QED) is 0.0814. The molecular formula is C32H56N4O7S. The Hall–Kier alpha value is -2.54. The smallest absolute Gasteiger partial charge is 0.294 e. The molecule has 3 atom stereocenters. The second-order valence-electron chi connectivity index (χ2n) is 13.0. The normalized spacial score (nSPS) is 16.0. The van der Waals surface area contributed by atoms with Gasteiger partial charge in [0.15, 0.2) is 0 Å². The van der Waals surface area contributed by atoms with Crippen molar-refractivity contribution in [3.05, 3.63) is 29.8 Å². The van der Waals surface area contributed by atoms with Crippen molar-refractivity contribution in [2.24, 2.45) is 35.3 Å². The maximum absolute atomic E-state index is 13.3. The Kier molecular flexibility index (Phi) is 17.7. The van der Waals surface area contributed by atoms with Crippen molar-refractivity contribution < 1.29 is 32.6 Å². The SMILES string of the molecule is CC(C)C[C@@H](C(=O)NN(CC(C)C)C(=O)[C@@H](C)N)C(CCCCC1CCCCC1)C(=O)NO.Cc1ccc(S(=O)(=O)O)cc1. The molecule has 0 aliphatic heterocycles. The predicted molar refractivity (Wildman–Crippen MR) is 171 cm³/mol. The maximum atomic E-state index is 13.3. The number of hydroxylamine groups is 1. The number of hydrogen-bond donors (Lipinski definition) is 5. The number of benzene rings is 1. The van der Waals surface area contributed by atoms with Crippen LogP contribution in [-0.4, -0.2) is 53.5 Å². The molecule has 3 amide bonds. The summed E-state index contributed by atoms with van der Waals surface area (Å²) < 4.78 is 29.6. The fourth-order valence-corrected chi connectivity index (χ4v) is 6.04. The number of amides is 3. The van der Waals surface area contributed by atoms with E-state index in [-0.39, 0.29) is 28.5 Å². The van der Waals surface area contributed by atoms with Gasteiger partial charge in [-0.3, -0.25) is 34.6 Å². The van der Waals surface area contributed by atoms with Gasteiger partial charge in [0.1, 0.15) is 0 Å². The first-order valence-corrected chi connectivity index (χ1v) is 17.4. The molecule has 0 saturated heterocycles. The summed E-state index contributed by atoms with van der Waals surface area (Å²) in [6, 6.07) is 5.24. The van der Waals surface area contributed by atoms with Crippen molar-refractivity contribution in [1.29, 1.82) is 0 Å². The van der Waals surface area contributed by atoms with Crippen molar-refractivity contribution in [2.45, 2.75) is 117 Å². The molecule has 0 spiro atoms. The third-order valence-corrected chi connectivity index (χ3v) is 8.73. The number of nitrogens with zero attached hydrogens (tertiary/aromatic N) is 1. The third kappa shape index (κ3) is 15.0. The van der Waals surface area contributed by atoms with Crippen molar-refractivity contribution in [1.82, 2.24) is 15.9 Å². The minimum atomic E-state index is -4.02. The monoisotopic (exact) mass is 640 g/mol. The molecule has 1 aromatic carbocycles. The Morgan fingerprint density at radius 2 is 1.52 bits per heavy atom. The highest BCUT2D eigenvalue weighted by atomic mass is 32.2. The number of carbonyl (C=O) groups excluding carboxylic acids is 3. The van der Waals surface area contributed by atoms with Crippen molar-refractivity contribution in [3.8, 4) is 0 Å². The highest BCUT2D eigenvalue weighted by molar-refractivity contribution is 7.85. The predicted octanol–water partition coefficient (Wildman–Crippen LogP) is 5.02. The number of rotatable bonds is 14. The second kappa shape index (κ2) is 19.8. The van der Waals surface area contributed by atoms with Crippen LogP contribution >= 0.6 is 0 Å². The van der Waals surface area contributed by atoms with Crippen LogP contribution < -0.4 is 16.6 Å². The van der Waals surface area contributed by atoms with E-state index in [1.165, 1.54) is 49.2 Å². The van der Waals surface area contributed by atoms with Crippen LogP contribution in [0.5, 0.6) is 0 Å². The Bertz CT molecular complexity index is 1120. The van der Waals surface area contributed by atoms with Crippen LogP contribution in [0.2, 0.25) is 0 Å². The van der Waals surface area contributed by atoms with Crippen molar-refractivity contribution in [2.75, 3.05) is 6.54 Å². The molecule has 1 fully saturated rings. The van der Waals surface area contributed by atoms with Crippen molar-refractivity contribution >= 4 is 27.8 Å². The van der Waals surface area contributed by atoms with Gasteiger partial charge in [0.05, 0.1) is 22.8 Å². The van der Waals surface area contributed by atoms with Crippen LogP contribution in [-0.2, 0) is 24.5 Å². The molecule has 11 nitrogen and oxygen atoms in total. The standard InChI is InChI=1S/C25H48N4O4.C7H8O3S/c1-17(2)15-22(23(30)27-29(16-18(3)4)25(32)19(5)26)21(24(31)28-33)14-10-9-13-20-11-7-6-8-12-20;1-6-2-4-7(5-3-6)11(8,9)10/h17-22,33H,6-16,26H2,1-5H3,(H,27,30)(H,28,31);2-5H,1H3,(H,8,9,10)/t19-,21?,22-;/m1./s1. The van der Waals surface area contributed by atoms with E-state index in [2.05, 4.69) is 5.43 Å². The number of aryl methyl sites for hydroxylation is 1. The largest absolute Gasteiger partial charge is 0.320 e. The lowest BCUT2D eigenvalue weighted by Crippen LogP contribution is -2.55. The molecule has 1 saturated carbocycles. The Morgan fingerprint density at radius 3 is 2.00 bits per heavy atom. The lowest BCUT2D eigenvalue weighted by atomic mass is 9.80. The Morgan fingerprint density at radius 1 is 0.932 bits per heavy atom. The van der Waals surface area contributed by atoms with E-state index in [0.29, 0.717) is 19.4 Å². The fraction of sp³-hybridized carbons (Fsp3) is 0.719. The molecule has 1 aliphatic rings. The second-order valence-corrected chi connectivity index (χ2v) is 14.4. The van der Waals surface area contributed by atoms with Crippen LogP contribution in [0.3, 0.4) is 0 Å². The number of hydrogen-bond acceptors (Lipinski definition) is 7. The van der Waals surface area contributed by atoms with Gasteiger partial charge in [0, 0.05) is 6.54 Å². The highest BCUT2D eigenvalue weighted by Crippen LogP contribution is 2.30. The first-order valence-electron chi connectivity index (χ1n) is 15.9. The van der Waals surface area contributed by atoms with Crippen LogP contribution in [0.15, 0.2) is 29.2 Å². The average Bonchev–Trinajstić information content (AvgIpc) is 2.95. The Balaban J connectivity index is 0.000000733. The minimum Gasteiger partial charge on any atom is -0.320 e. The van der Waals surface area contributed by atoms with Crippen LogP contribution in [0.4, 0.5) is 0 Å². The Labute approximate surface area is 264 Å². The highest BCUT2D eigenvalue weighted by Gasteiger charge is 2.35. The van der Waals surface area contributed by atoms with Gasteiger partial charge in [-0.1, -0.05) is 96.8 Å². The molecule has 2 rings (SSSR count). The molecule has 0 heterocycles. The molecule has 6 N–H and O–H groups in total. The summed E-state index contributed by atoms with van der Waals surface area (Å²) >= 11 is 0. The van der Waals surface area contributed by atoms with Gasteiger partial charge in [-0.15, -0.1) is 0 Å². The summed E-state index contributed by atoms with van der Waals surface area (Å²) in [5.41, 5.74) is 11.2. The molecule has 1 unspecified atom stereocenters. The summed E-state index contributed by atoms with van der Waals surface area (Å²) in [5.74, 6) is -1.52.